The number of benzene rings is 1. The molecule has 1 saturated heterocycles. The molecule has 1 aliphatic heterocycles. The topological polar surface area (TPSA) is 55.5 Å². The fraction of sp³-hybridized carbons (Fsp3) is 0.609. The van der Waals surface area contributed by atoms with Crippen LogP contribution in [-0.4, -0.2) is 54.1 Å². The van der Waals surface area contributed by atoms with Crippen LogP contribution in [0.15, 0.2) is 29.4 Å². The van der Waals surface area contributed by atoms with E-state index >= 15 is 0 Å². The van der Waals surface area contributed by atoms with Crippen molar-refractivity contribution in [1.29, 1.82) is 0 Å². The van der Waals surface area contributed by atoms with Crippen molar-refractivity contribution in [2.75, 3.05) is 26.2 Å². The molecular formula is C23H37N5. The highest BCUT2D eigenvalue weighted by molar-refractivity contribution is 5.86. The number of rotatable bonds is 7. The van der Waals surface area contributed by atoms with Crippen molar-refractivity contribution in [1.82, 2.24) is 20.5 Å². The molecule has 5 heteroatoms. The number of para-hydroxylation sites is 1. The number of aliphatic imine (C=N–C) groups is 1. The molecule has 0 unspecified atom stereocenters. The molecule has 0 spiro atoms. The number of aromatic amines is 1. The summed E-state index contributed by atoms with van der Waals surface area (Å²) in [5.41, 5.74) is 4.02. The highest BCUT2D eigenvalue weighted by atomic mass is 15.2. The molecule has 1 fully saturated rings. The van der Waals surface area contributed by atoms with Gasteiger partial charge in [-0.3, -0.25) is 4.99 Å². The zero-order valence-corrected chi connectivity index (χ0v) is 18.0. The second kappa shape index (κ2) is 9.97. The van der Waals surface area contributed by atoms with E-state index in [0.717, 1.165) is 31.9 Å². The molecule has 3 rings (SSSR count). The molecule has 2 aromatic rings. The van der Waals surface area contributed by atoms with Crippen LogP contribution in [0.25, 0.3) is 10.9 Å². The van der Waals surface area contributed by atoms with E-state index in [-0.39, 0.29) is 0 Å². The number of nitrogens with zero attached hydrogens (tertiary/aromatic N) is 2. The van der Waals surface area contributed by atoms with Crippen molar-refractivity contribution in [3.05, 3.63) is 35.5 Å². The van der Waals surface area contributed by atoms with E-state index in [2.05, 4.69) is 72.6 Å². The summed E-state index contributed by atoms with van der Waals surface area (Å²) < 4.78 is 0. The molecule has 5 nitrogen and oxygen atoms in total. The Balaban J connectivity index is 1.58. The first-order chi connectivity index (χ1) is 13.6. The molecule has 154 valence electrons. The van der Waals surface area contributed by atoms with Crippen molar-refractivity contribution in [2.45, 2.75) is 65.5 Å². The average molecular weight is 384 g/mol. The van der Waals surface area contributed by atoms with Crippen molar-refractivity contribution < 1.29 is 0 Å². The van der Waals surface area contributed by atoms with Gasteiger partial charge in [0.05, 0.1) is 0 Å². The lowest BCUT2D eigenvalue weighted by Gasteiger charge is -2.35. The fourth-order valence-electron chi connectivity index (χ4n) is 4.14. The number of H-pyrrole nitrogens is 1. The minimum absolute atomic E-state index is 0.521. The van der Waals surface area contributed by atoms with Gasteiger partial charge < -0.3 is 20.5 Å². The molecule has 3 N–H and O–H groups in total. The van der Waals surface area contributed by atoms with Gasteiger partial charge in [-0.05, 0) is 57.6 Å². The highest BCUT2D eigenvalue weighted by Gasteiger charge is 2.21. The molecule has 1 aromatic heterocycles. The van der Waals surface area contributed by atoms with Crippen LogP contribution in [0.1, 0.15) is 51.7 Å². The van der Waals surface area contributed by atoms with Gasteiger partial charge in [0.25, 0.3) is 0 Å². The number of nitrogens with one attached hydrogen (secondary N) is 3. The Kier molecular flexibility index (Phi) is 7.37. The van der Waals surface area contributed by atoms with Gasteiger partial charge in [-0.1, -0.05) is 25.1 Å². The Labute approximate surface area is 170 Å². The maximum atomic E-state index is 4.85. The summed E-state index contributed by atoms with van der Waals surface area (Å²) in [4.78, 5) is 10.9. The molecular weight excluding hydrogens is 346 g/mol. The lowest BCUT2D eigenvalue weighted by atomic mass is 10.0. The number of likely N-dealkylation sites (tertiary alicyclic amines) is 1. The largest absolute Gasteiger partial charge is 0.361 e. The van der Waals surface area contributed by atoms with Crippen LogP contribution in [0.5, 0.6) is 0 Å². The van der Waals surface area contributed by atoms with E-state index in [1.54, 1.807) is 0 Å². The Morgan fingerprint density at radius 1 is 1.21 bits per heavy atom. The standard InChI is InChI=1S/C23H37N5/c1-5-18-8-7-9-21-19(16-26-22(18)21)10-13-25-23(24-6-2)27-20-11-14-28(15-12-20)17(3)4/h7-9,16-17,20,26H,5-6,10-15H2,1-4H3,(H2,24,25,27). The lowest BCUT2D eigenvalue weighted by Crippen LogP contribution is -2.49. The monoisotopic (exact) mass is 383 g/mol. The minimum Gasteiger partial charge on any atom is -0.361 e. The van der Waals surface area contributed by atoms with Crippen LogP contribution in [0, 0.1) is 0 Å². The first kappa shape index (κ1) is 20.7. The fourth-order valence-corrected chi connectivity index (χ4v) is 4.14. The van der Waals surface area contributed by atoms with Crippen molar-refractivity contribution >= 4 is 16.9 Å². The second-order valence-corrected chi connectivity index (χ2v) is 8.07. The van der Waals surface area contributed by atoms with E-state index in [9.17, 15) is 0 Å². The minimum atomic E-state index is 0.521. The van der Waals surface area contributed by atoms with Crippen LogP contribution in [0.3, 0.4) is 0 Å². The normalized spacial score (nSPS) is 16.8. The maximum absolute atomic E-state index is 4.85. The molecule has 0 radical (unpaired) electrons. The van der Waals surface area contributed by atoms with Gasteiger partial charge in [-0.2, -0.15) is 0 Å². The number of hydrogen-bond acceptors (Lipinski definition) is 2. The van der Waals surface area contributed by atoms with E-state index < -0.39 is 0 Å². The van der Waals surface area contributed by atoms with Gasteiger partial charge in [-0.25, -0.2) is 0 Å². The first-order valence-corrected chi connectivity index (χ1v) is 11.0. The Hall–Kier alpha value is -2.01. The number of aromatic nitrogens is 1. The Bertz CT molecular complexity index is 768. The molecule has 28 heavy (non-hydrogen) atoms. The molecule has 0 aliphatic carbocycles. The third-order valence-corrected chi connectivity index (χ3v) is 5.86. The van der Waals surface area contributed by atoms with Crippen LogP contribution < -0.4 is 10.6 Å². The summed E-state index contributed by atoms with van der Waals surface area (Å²) in [5.74, 6) is 0.958. The predicted octanol–water partition coefficient (Wildman–Crippen LogP) is 3.70. The third-order valence-electron chi connectivity index (χ3n) is 5.86. The van der Waals surface area contributed by atoms with Crippen LogP contribution in [0.4, 0.5) is 0 Å². The van der Waals surface area contributed by atoms with E-state index in [0.29, 0.717) is 12.1 Å². The summed E-state index contributed by atoms with van der Waals surface area (Å²) in [6.07, 6.45) is 6.53. The number of aryl methyl sites for hydroxylation is 1. The molecule has 1 aliphatic rings. The van der Waals surface area contributed by atoms with Crippen molar-refractivity contribution in [3.8, 4) is 0 Å². The van der Waals surface area contributed by atoms with Gasteiger partial charge in [-0.15, -0.1) is 0 Å². The summed E-state index contributed by atoms with van der Waals surface area (Å²) in [6.45, 7) is 12.9. The molecule has 0 amide bonds. The van der Waals surface area contributed by atoms with Gasteiger partial charge in [0.2, 0.25) is 0 Å². The molecule has 1 aromatic carbocycles. The van der Waals surface area contributed by atoms with Gasteiger partial charge in [0.1, 0.15) is 0 Å². The predicted molar refractivity (Wildman–Crippen MR) is 120 cm³/mol. The maximum Gasteiger partial charge on any atom is 0.191 e. The summed E-state index contributed by atoms with van der Waals surface area (Å²) in [6, 6.07) is 7.76. The average Bonchev–Trinajstić information content (AvgIpc) is 3.12. The third kappa shape index (κ3) is 5.07. The summed E-state index contributed by atoms with van der Waals surface area (Å²) in [5, 5.41) is 8.41. The smallest absolute Gasteiger partial charge is 0.191 e. The van der Waals surface area contributed by atoms with Crippen molar-refractivity contribution in [2.24, 2.45) is 4.99 Å². The molecule has 2 heterocycles. The number of fused-ring (bicyclic) bond motifs is 1. The number of hydrogen-bond donors (Lipinski definition) is 3. The zero-order valence-electron chi connectivity index (χ0n) is 18.0. The second-order valence-electron chi connectivity index (χ2n) is 8.07. The van der Waals surface area contributed by atoms with Crippen LogP contribution in [0.2, 0.25) is 0 Å². The van der Waals surface area contributed by atoms with Gasteiger partial charge >= 0.3 is 0 Å². The summed E-state index contributed by atoms with van der Waals surface area (Å²) in [7, 11) is 0. The molecule has 0 bridgehead atoms. The molecule has 0 saturated carbocycles. The quantitative estimate of drug-likeness (QED) is 0.505. The van der Waals surface area contributed by atoms with Gasteiger partial charge in [0, 0.05) is 55.4 Å². The van der Waals surface area contributed by atoms with E-state index in [4.69, 9.17) is 4.99 Å². The van der Waals surface area contributed by atoms with E-state index in [1.165, 1.54) is 48.0 Å². The van der Waals surface area contributed by atoms with Crippen LogP contribution >= 0.6 is 0 Å². The SMILES string of the molecule is CCNC(=NCCc1c[nH]c2c(CC)cccc12)NC1CCN(C(C)C)CC1. The van der Waals surface area contributed by atoms with Gasteiger partial charge in [0.15, 0.2) is 5.96 Å². The number of piperidine rings is 1. The Morgan fingerprint density at radius 2 is 2.00 bits per heavy atom. The highest BCUT2D eigenvalue weighted by Crippen LogP contribution is 2.22. The lowest BCUT2D eigenvalue weighted by molar-refractivity contribution is 0.167. The molecule has 0 atom stereocenters. The Morgan fingerprint density at radius 3 is 2.68 bits per heavy atom. The van der Waals surface area contributed by atoms with Crippen molar-refractivity contribution in [3.63, 3.8) is 0 Å². The zero-order chi connectivity index (χ0) is 19.9. The number of guanidine groups is 1. The van der Waals surface area contributed by atoms with Crippen LogP contribution in [-0.2, 0) is 12.8 Å². The first-order valence-electron chi connectivity index (χ1n) is 11.0. The summed E-state index contributed by atoms with van der Waals surface area (Å²) >= 11 is 0. The van der Waals surface area contributed by atoms with E-state index in [1.807, 2.05) is 0 Å².